The van der Waals surface area contributed by atoms with E-state index in [0.717, 1.165) is 37.9 Å². The maximum Gasteiger partial charge on any atom is 0.289 e. The number of aromatic hydroxyl groups is 1. The molecule has 1 aromatic carbocycles. The van der Waals surface area contributed by atoms with Crippen LogP contribution in [0.2, 0.25) is 5.02 Å². The number of phenolic OH excluding ortho intramolecular Hbond substituents is 1. The molecule has 7 heteroatoms. The van der Waals surface area contributed by atoms with Crippen LogP contribution in [0.25, 0.3) is 0 Å². The molecule has 1 aliphatic heterocycles. The van der Waals surface area contributed by atoms with E-state index in [1.165, 1.54) is 12.3 Å². The van der Waals surface area contributed by atoms with E-state index in [2.05, 4.69) is 0 Å². The fourth-order valence-corrected chi connectivity index (χ4v) is 4.89. The molecule has 154 valence electrons. The van der Waals surface area contributed by atoms with Crippen LogP contribution in [-0.2, 0) is 11.2 Å². The van der Waals surface area contributed by atoms with Gasteiger partial charge in [-0.05, 0) is 60.9 Å². The number of likely N-dealkylation sites (tertiary alicyclic amines) is 1. The van der Waals surface area contributed by atoms with Gasteiger partial charge in [-0.2, -0.15) is 0 Å². The highest BCUT2D eigenvalue weighted by Gasteiger charge is 2.41. The van der Waals surface area contributed by atoms with Gasteiger partial charge in [0.2, 0.25) is 5.91 Å². The van der Waals surface area contributed by atoms with E-state index in [4.69, 9.17) is 16.0 Å². The van der Waals surface area contributed by atoms with Gasteiger partial charge in [-0.25, -0.2) is 0 Å². The van der Waals surface area contributed by atoms with Crippen molar-refractivity contribution in [2.45, 2.75) is 31.7 Å². The van der Waals surface area contributed by atoms with Crippen LogP contribution >= 0.6 is 11.6 Å². The van der Waals surface area contributed by atoms with Crippen molar-refractivity contribution in [3.63, 3.8) is 0 Å². The minimum Gasteiger partial charge on any atom is -0.506 e. The summed E-state index contributed by atoms with van der Waals surface area (Å²) in [6, 6.07) is 8.48. The standard InChI is InChI=1S/C22H25ClN2O4/c1-24(22(28)20-3-2-8-29-20)17-11-15-6-7-25(13-16(15)12-17)21(27)10-14-4-5-19(26)18(23)9-14/h2-5,8-9,15-17,26H,6-7,10-13H2,1H3/t15-,16-,17+/m1/s1. The summed E-state index contributed by atoms with van der Waals surface area (Å²) in [6.45, 7) is 1.48. The number of rotatable bonds is 4. The molecule has 2 aromatic rings. The Labute approximate surface area is 175 Å². The van der Waals surface area contributed by atoms with Crippen molar-refractivity contribution in [2.24, 2.45) is 11.8 Å². The fourth-order valence-electron chi connectivity index (χ4n) is 4.68. The van der Waals surface area contributed by atoms with Crippen LogP contribution in [0, 0.1) is 11.8 Å². The number of benzene rings is 1. The van der Waals surface area contributed by atoms with Crippen molar-refractivity contribution in [1.82, 2.24) is 9.80 Å². The van der Waals surface area contributed by atoms with Gasteiger partial charge in [0.25, 0.3) is 5.91 Å². The molecule has 1 saturated carbocycles. The summed E-state index contributed by atoms with van der Waals surface area (Å²) < 4.78 is 5.25. The second kappa shape index (κ2) is 8.11. The van der Waals surface area contributed by atoms with E-state index >= 15 is 0 Å². The van der Waals surface area contributed by atoms with E-state index in [9.17, 15) is 14.7 Å². The van der Waals surface area contributed by atoms with Gasteiger partial charge >= 0.3 is 0 Å². The van der Waals surface area contributed by atoms with Gasteiger partial charge in [0.05, 0.1) is 17.7 Å². The number of furan rings is 1. The maximum absolute atomic E-state index is 12.8. The number of amides is 2. The van der Waals surface area contributed by atoms with Crippen molar-refractivity contribution in [1.29, 1.82) is 0 Å². The summed E-state index contributed by atoms with van der Waals surface area (Å²) >= 11 is 5.95. The van der Waals surface area contributed by atoms with E-state index in [1.807, 2.05) is 11.9 Å². The first-order valence-corrected chi connectivity index (χ1v) is 10.4. The molecular formula is C22H25ClN2O4. The molecule has 2 heterocycles. The van der Waals surface area contributed by atoms with Gasteiger partial charge in [0.15, 0.2) is 5.76 Å². The van der Waals surface area contributed by atoms with Gasteiger partial charge in [-0.1, -0.05) is 17.7 Å². The second-order valence-corrected chi connectivity index (χ2v) is 8.54. The Kier molecular flexibility index (Phi) is 5.54. The van der Waals surface area contributed by atoms with Crippen molar-refractivity contribution in [3.8, 4) is 5.75 Å². The number of fused-ring (bicyclic) bond motifs is 1. The molecule has 0 unspecified atom stereocenters. The Morgan fingerprint density at radius 1 is 1.28 bits per heavy atom. The maximum atomic E-state index is 12.8. The van der Waals surface area contributed by atoms with Crippen LogP contribution in [0.5, 0.6) is 5.75 Å². The van der Waals surface area contributed by atoms with Crippen LogP contribution in [-0.4, -0.2) is 52.9 Å². The quantitative estimate of drug-likeness (QED) is 0.826. The molecule has 2 amide bonds. The minimum absolute atomic E-state index is 0.0221. The lowest BCUT2D eigenvalue weighted by atomic mass is 9.88. The number of hydrogen-bond donors (Lipinski definition) is 1. The first-order chi connectivity index (χ1) is 13.9. The van der Waals surface area contributed by atoms with Crippen LogP contribution in [0.3, 0.4) is 0 Å². The normalized spacial score (nSPS) is 23.7. The summed E-state index contributed by atoms with van der Waals surface area (Å²) in [5.74, 6) is 1.33. The molecule has 1 aliphatic carbocycles. The van der Waals surface area contributed by atoms with Crippen LogP contribution in [0.4, 0.5) is 0 Å². The Bertz CT molecular complexity index is 898. The average Bonchev–Trinajstić information content (AvgIpc) is 3.38. The third-order valence-corrected chi connectivity index (χ3v) is 6.66. The largest absolute Gasteiger partial charge is 0.506 e. The molecule has 0 bridgehead atoms. The first kappa shape index (κ1) is 19.8. The zero-order valence-electron chi connectivity index (χ0n) is 16.4. The predicted molar refractivity (Wildman–Crippen MR) is 109 cm³/mol. The number of nitrogens with zero attached hydrogens (tertiary/aromatic N) is 2. The monoisotopic (exact) mass is 416 g/mol. The molecule has 0 radical (unpaired) electrons. The topological polar surface area (TPSA) is 74.0 Å². The number of phenols is 1. The van der Waals surface area contributed by atoms with Gasteiger partial charge in [-0.15, -0.1) is 0 Å². The van der Waals surface area contributed by atoms with Gasteiger partial charge < -0.3 is 19.3 Å². The predicted octanol–water partition coefficient (Wildman–Crippen LogP) is 3.58. The molecule has 0 spiro atoms. The minimum atomic E-state index is -0.0872. The summed E-state index contributed by atoms with van der Waals surface area (Å²) in [7, 11) is 1.84. The molecule has 1 saturated heterocycles. The zero-order chi connectivity index (χ0) is 20.5. The Morgan fingerprint density at radius 3 is 2.79 bits per heavy atom. The SMILES string of the molecule is CN(C(=O)c1ccco1)[C@H]1C[C@H]2CCN(C(=O)Cc3ccc(O)c(Cl)c3)C[C@H]2C1. The second-order valence-electron chi connectivity index (χ2n) is 8.13. The molecule has 3 atom stereocenters. The third-order valence-electron chi connectivity index (χ3n) is 6.36. The van der Waals surface area contributed by atoms with Crippen molar-refractivity contribution < 1.29 is 19.1 Å². The Morgan fingerprint density at radius 2 is 2.07 bits per heavy atom. The lowest BCUT2D eigenvalue weighted by Gasteiger charge is -2.35. The molecule has 1 aromatic heterocycles. The molecular weight excluding hydrogens is 392 g/mol. The lowest BCUT2D eigenvalue weighted by Crippen LogP contribution is -2.42. The zero-order valence-corrected chi connectivity index (χ0v) is 17.1. The molecule has 2 aliphatic rings. The molecule has 1 N–H and O–H groups in total. The van der Waals surface area contributed by atoms with E-state index in [-0.39, 0.29) is 35.0 Å². The van der Waals surface area contributed by atoms with Crippen molar-refractivity contribution in [2.75, 3.05) is 20.1 Å². The molecule has 29 heavy (non-hydrogen) atoms. The highest BCUT2D eigenvalue weighted by Crippen LogP contribution is 2.40. The summed E-state index contributed by atoms with van der Waals surface area (Å²) in [5, 5.41) is 9.80. The van der Waals surface area contributed by atoms with E-state index in [1.54, 1.807) is 29.2 Å². The summed E-state index contributed by atoms with van der Waals surface area (Å²) in [5.41, 5.74) is 0.799. The molecule has 4 rings (SSSR count). The van der Waals surface area contributed by atoms with Crippen molar-refractivity contribution in [3.05, 3.63) is 52.9 Å². The highest BCUT2D eigenvalue weighted by atomic mass is 35.5. The van der Waals surface area contributed by atoms with Gasteiger partial charge in [0, 0.05) is 26.2 Å². The number of halogens is 1. The van der Waals surface area contributed by atoms with Crippen LogP contribution in [0.15, 0.2) is 41.0 Å². The van der Waals surface area contributed by atoms with E-state index < -0.39 is 0 Å². The van der Waals surface area contributed by atoms with Crippen LogP contribution < -0.4 is 0 Å². The lowest BCUT2D eigenvalue weighted by molar-refractivity contribution is -0.132. The number of carbonyl (C=O) groups is 2. The summed E-state index contributed by atoms with van der Waals surface area (Å²) in [4.78, 5) is 29.1. The summed E-state index contributed by atoms with van der Waals surface area (Å²) in [6.07, 6.45) is 4.63. The van der Waals surface area contributed by atoms with Gasteiger partial charge in [0.1, 0.15) is 5.75 Å². The Hall–Kier alpha value is -2.47. The fraction of sp³-hybridized carbons (Fsp3) is 0.455. The number of carbonyl (C=O) groups excluding carboxylic acids is 2. The van der Waals surface area contributed by atoms with Gasteiger partial charge in [-0.3, -0.25) is 9.59 Å². The molecule has 6 nitrogen and oxygen atoms in total. The third kappa shape index (κ3) is 4.13. The first-order valence-electron chi connectivity index (χ1n) is 9.98. The molecule has 2 fully saturated rings. The number of hydrogen-bond acceptors (Lipinski definition) is 4. The van der Waals surface area contributed by atoms with Crippen LogP contribution in [0.1, 0.15) is 35.4 Å². The average molecular weight is 417 g/mol. The van der Waals surface area contributed by atoms with E-state index in [0.29, 0.717) is 17.6 Å². The van der Waals surface area contributed by atoms with Crippen molar-refractivity contribution >= 4 is 23.4 Å². The smallest absolute Gasteiger partial charge is 0.289 e. The number of piperidine rings is 1. The Balaban J connectivity index is 1.35. The highest BCUT2D eigenvalue weighted by molar-refractivity contribution is 6.32.